The van der Waals surface area contributed by atoms with E-state index in [1.807, 2.05) is 24.3 Å². The van der Waals surface area contributed by atoms with Crippen molar-refractivity contribution in [3.8, 4) is 12.3 Å². The number of nitrogens with one attached hydrogen (secondary N) is 1. The van der Waals surface area contributed by atoms with Crippen molar-refractivity contribution < 1.29 is 9.53 Å². The van der Waals surface area contributed by atoms with Gasteiger partial charge in [0.1, 0.15) is 0 Å². The van der Waals surface area contributed by atoms with Gasteiger partial charge >= 0.3 is 0 Å². The molecule has 2 aliphatic rings. The van der Waals surface area contributed by atoms with E-state index in [2.05, 4.69) is 26.4 Å². The predicted octanol–water partition coefficient (Wildman–Crippen LogP) is 2.21. The standard InChI is InChI=1S/C19H24N4O2/c1-2-3-8-19(21-22-19)9-10-20-18(24)17-7-5-4-6-16(17)15-23-11-13-25-14-12-23/h1,4-7H,3,8-15H2,(H,20,24). The molecular weight excluding hydrogens is 316 g/mol. The van der Waals surface area contributed by atoms with Crippen molar-refractivity contribution in [2.24, 2.45) is 10.2 Å². The normalized spacial score (nSPS) is 18.5. The third-order valence-corrected chi connectivity index (χ3v) is 4.62. The van der Waals surface area contributed by atoms with E-state index in [9.17, 15) is 4.79 Å². The molecular formula is C19H24N4O2. The lowest BCUT2D eigenvalue weighted by molar-refractivity contribution is 0.0341. The molecule has 0 unspecified atom stereocenters. The van der Waals surface area contributed by atoms with Crippen molar-refractivity contribution in [1.29, 1.82) is 0 Å². The van der Waals surface area contributed by atoms with Gasteiger partial charge in [0.2, 0.25) is 0 Å². The molecule has 0 bridgehead atoms. The van der Waals surface area contributed by atoms with Crippen LogP contribution in [0.25, 0.3) is 0 Å². The second-order valence-corrected chi connectivity index (χ2v) is 6.44. The number of carbonyl (C=O) groups excluding carboxylic acids is 1. The Morgan fingerprint density at radius 3 is 2.76 bits per heavy atom. The summed E-state index contributed by atoms with van der Waals surface area (Å²) >= 11 is 0. The molecule has 2 heterocycles. The molecule has 0 saturated carbocycles. The highest BCUT2D eigenvalue weighted by molar-refractivity contribution is 5.95. The van der Waals surface area contributed by atoms with Crippen molar-refractivity contribution in [3.63, 3.8) is 0 Å². The van der Waals surface area contributed by atoms with E-state index in [-0.39, 0.29) is 11.6 Å². The Morgan fingerprint density at radius 2 is 2.04 bits per heavy atom. The molecule has 0 aliphatic carbocycles. The summed E-state index contributed by atoms with van der Waals surface area (Å²) in [5.74, 6) is 2.57. The Morgan fingerprint density at radius 1 is 1.28 bits per heavy atom. The SMILES string of the molecule is C#CCCC1(CCNC(=O)c2ccccc2CN2CCOCC2)N=N1. The summed E-state index contributed by atoms with van der Waals surface area (Å²) in [6.07, 6.45) is 7.41. The maximum absolute atomic E-state index is 12.6. The van der Waals surface area contributed by atoms with Crippen LogP contribution in [0.4, 0.5) is 0 Å². The molecule has 1 N–H and O–H groups in total. The van der Waals surface area contributed by atoms with Crippen LogP contribution >= 0.6 is 0 Å². The molecule has 2 aliphatic heterocycles. The van der Waals surface area contributed by atoms with Crippen LogP contribution in [0.3, 0.4) is 0 Å². The first-order valence-corrected chi connectivity index (χ1v) is 8.76. The van der Waals surface area contributed by atoms with Gasteiger partial charge in [-0.05, 0) is 11.6 Å². The Kier molecular flexibility index (Phi) is 5.79. The Bertz CT molecular complexity index is 668. The number of rotatable bonds is 8. The lowest BCUT2D eigenvalue weighted by atomic mass is 10.0. The molecule has 1 amide bonds. The van der Waals surface area contributed by atoms with Gasteiger partial charge in [-0.3, -0.25) is 9.69 Å². The average molecular weight is 340 g/mol. The number of hydrogen-bond acceptors (Lipinski definition) is 5. The summed E-state index contributed by atoms with van der Waals surface area (Å²) in [6, 6.07) is 7.77. The van der Waals surface area contributed by atoms with Crippen molar-refractivity contribution in [2.75, 3.05) is 32.8 Å². The third-order valence-electron chi connectivity index (χ3n) is 4.62. The number of hydrogen-bond donors (Lipinski definition) is 1. The van der Waals surface area contributed by atoms with E-state index in [0.717, 1.165) is 50.4 Å². The van der Waals surface area contributed by atoms with Gasteiger partial charge in [0.05, 0.1) is 13.2 Å². The second kappa shape index (κ2) is 8.24. The van der Waals surface area contributed by atoms with Crippen LogP contribution < -0.4 is 5.32 Å². The van der Waals surface area contributed by atoms with E-state index in [1.54, 1.807) is 0 Å². The van der Waals surface area contributed by atoms with Gasteiger partial charge in [-0.1, -0.05) is 18.2 Å². The summed E-state index contributed by atoms with van der Waals surface area (Å²) < 4.78 is 5.38. The van der Waals surface area contributed by atoms with E-state index in [1.165, 1.54) is 0 Å². The van der Waals surface area contributed by atoms with Crippen LogP contribution in [0.1, 0.15) is 35.2 Å². The van der Waals surface area contributed by atoms with Gasteiger partial charge in [-0.2, -0.15) is 10.2 Å². The highest BCUT2D eigenvalue weighted by Crippen LogP contribution is 2.36. The van der Waals surface area contributed by atoms with E-state index in [0.29, 0.717) is 19.4 Å². The van der Waals surface area contributed by atoms with Crippen LogP contribution in [0, 0.1) is 12.3 Å². The minimum absolute atomic E-state index is 0.0448. The second-order valence-electron chi connectivity index (χ2n) is 6.44. The maximum atomic E-state index is 12.6. The molecule has 1 aromatic carbocycles. The molecule has 0 aromatic heterocycles. The number of carbonyl (C=O) groups is 1. The number of terminal acetylenes is 1. The molecule has 0 spiro atoms. The van der Waals surface area contributed by atoms with Crippen molar-refractivity contribution in [1.82, 2.24) is 10.2 Å². The van der Waals surface area contributed by atoms with E-state index in [4.69, 9.17) is 11.2 Å². The maximum Gasteiger partial charge on any atom is 0.251 e. The first-order chi connectivity index (χ1) is 12.2. The Hall–Kier alpha value is -2.23. The first kappa shape index (κ1) is 17.6. The largest absolute Gasteiger partial charge is 0.379 e. The molecule has 1 saturated heterocycles. The fourth-order valence-electron chi connectivity index (χ4n) is 3.02. The van der Waals surface area contributed by atoms with Gasteiger partial charge in [0, 0.05) is 51.0 Å². The van der Waals surface area contributed by atoms with Crippen molar-refractivity contribution >= 4 is 5.91 Å². The quantitative estimate of drug-likeness (QED) is 0.738. The van der Waals surface area contributed by atoms with Gasteiger partial charge in [0.25, 0.3) is 5.91 Å². The summed E-state index contributed by atoms with van der Waals surface area (Å²) in [6.45, 7) is 4.61. The lowest BCUT2D eigenvalue weighted by Gasteiger charge is -2.27. The predicted molar refractivity (Wildman–Crippen MR) is 95.1 cm³/mol. The summed E-state index contributed by atoms with van der Waals surface area (Å²) in [5, 5.41) is 11.2. The zero-order valence-corrected chi connectivity index (χ0v) is 14.4. The van der Waals surface area contributed by atoms with Crippen LogP contribution in [0.15, 0.2) is 34.5 Å². The molecule has 1 aromatic rings. The van der Waals surface area contributed by atoms with Gasteiger partial charge < -0.3 is 10.1 Å². The molecule has 1 fully saturated rings. The molecule has 132 valence electrons. The fraction of sp³-hybridized carbons (Fsp3) is 0.526. The summed E-state index contributed by atoms with van der Waals surface area (Å²) in [5.41, 5.74) is 1.42. The molecule has 0 radical (unpaired) electrons. The summed E-state index contributed by atoms with van der Waals surface area (Å²) in [7, 11) is 0. The van der Waals surface area contributed by atoms with Crippen LogP contribution in [0.2, 0.25) is 0 Å². The average Bonchev–Trinajstić information content (AvgIpc) is 3.41. The van der Waals surface area contributed by atoms with Crippen LogP contribution in [-0.4, -0.2) is 49.3 Å². The minimum atomic E-state index is -0.354. The highest BCUT2D eigenvalue weighted by atomic mass is 16.5. The number of amides is 1. The summed E-state index contributed by atoms with van der Waals surface area (Å²) in [4.78, 5) is 14.9. The van der Waals surface area contributed by atoms with Crippen LogP contribution in [-0.2, 0) is 11.3 Å². The van der Waals surface area contributed by atoms with E-state index < -0.39 is 0 Å². The molecule has 6 nitrogen and oxygen atoms in total. The fourth-order valence-corrected chi connectivity index (χ4v) is 3.02. The van der Waals surface area contributed by atoms with Crippen molar-refractivity contribution in [3.05, 3.63) is 35.4 Å². The van der Waals surface area contributed by atoms with Crippen molar-refractivity contribution in [2.45, 2.75) is 31.5 Å². The number of ether oxygens (including phenoxy) is 1. The van der Waals surface area contributed by atoms with Gasteiger partial charge in [-0.25, -0.2) is 0 Å². The zero-order valence-electron chi connectivity index (χ0n) is 14.4. The third kappa shape index (κ3) is 4.88. The highest BCUT2D eigenvalue weighted by Gasteiger charge is 2.38. The number of benzene rings is 1. The Labute approximate surface area is 148 Å². The van der Waals surface area contributed by atoms with Gasteiger partial charge in [0.15, 0.2) is 5.66 Å². The zero-order chi connectivity index (χ0) is 17.5. The molecule has 3 rings (SSSR count). The molecule has 0 atom stereocenters. The lowest BCUT2D eigenvalue weighted by Crippen LogP contribution is -2.36. The Balaban J connectivity index is 1.52. The monoisotopic (exact) mass is 340 g/mol. The topological polar surface area (TPSA) is 66.3 Å². The van der Waals surface area contributed by atoms with Gasteiger partial charge in [-0.15, -0.1) is 12.3 Å². The first-order valence-electron chi connectivity index (χ1n) is 8.76. The molecule has 6 heteroatoms. The van der Waals surface area contributed by atoms with E-state index >= 15 is 0 Å². The number of morpholine rings is 1. The molecule has 25 heavy (non-hydrogen) atoms. The number of nitrogens with zero attached hydrogens (tertiary/aromatic N) is 3. The van der Waals surface area contributed by atoms with Crippen LogP contribution in [0.5, 0.6) is 0 Å². The smallest absolute Gasteiger partial charge is 0.251 e. The minimum Gasteiger partial charge on any atom is -0.379 e.